The Kier molecular flexibility index (Phi) is 7.58. The first-order chi connectivity index (χ1) is 17.5. The Morgan fingerprint density at radius 2 is 1.86 bits per heavy atom. The van der Waals surface area contributed by atoms with Gasteiger partial charge in [-0.15, -0.1) is 0 Å². The molecule has 1 fully saturated rings. The summed E-state index contributed by atoms with van der Waals surface area (Å²) >= 11 is 0. The van der Waals surface area contributed by atoms with E-state index < -0.39 is 28.1 Å². The average Bonchev–Trinajstić information content (AvgIpc) is 3.17. The summed E-state index contributed by atoms with van der Waals surface area (Å²) in [5.74, 6) is -0.866. The fourth-order valence-corrected chi connectivity index (χ4v) is 5.42. The lowest BCUT2D eigenvalue weighted by Gasteiger charge is -2.31. The van der Waals surface area contributed by atoms with Gasteiger partial charge in [0.1, 0.15) is 12.1 Å². The van der Waals surface area contributed by atoms with Crippen LogP contribution in [0.4, 0.5) is 17.1 Å². The minimum atomic E-state index is -3.95. The van der Waals surface area contributed by atoms with E-state index in [0.29, 0.717) is 11.3 Å². The summed E-state index contributed by atoms with van der Waals surface area (Å²) in [4.78, 5) is 27.2. The second-order valence-corrected chi connectivity index (χ2v) is 12.0. The number of ether oxygens (including phenoxy) is 1. The Morgan fingerprint density at radius 1 is 1.16 bits per heavy atom. The molecule has 0 saturated carbocycles. The highest BCUT2D eigenvalue weighted by atomic mass is 32.2. The van der Waals surface area contributed by atoms with E-state index in [0.717, 1.165) is 47.4 Å². The molecule has 2 aliphatic heterocycles. The van der Waals surface area contributed by atoms with Gasteiger partial charge in [-0.05, 0) is 51.1 Å². The van der Waals surface area contributed by atoms with Crippen molar-refractivity contribution in [3.05, 3.63) is 54.2 Å². The molecule has 1 saturated heterocycles. The van der Waals surface area contributed by atoms with Crippen molar-refractivity contribution in [3.8, 4) is 0 Å². The van der Waals surface area contributed by atoms with E-state index in [9.17, 15) is 18.0 Å². The molecule has 0 aliphatic carbocycles. The van der Waals surface area contributed by atoms with E-state index in [4.69, 9.17) is 4.74 Å². The third-order valence-electron chi connectivity index (χ3n) is 5.96. The number of rotatable bonds is 7. The molecular weight excluding hydrogens is 494 g/mol. The molecule has 2 aromatic carbocycles. The summed E-state index contributed by atoms with van der Waals surface area (Å²) < 4.78 is 32.4. The average molecular weight is 528 g/mol. The topological polar surface area (TPSA) is 120 Å². The van der Waals surface area contributed by atoms with Gasteiger partial charge in [0, 0.05) is 56.4 Å². The zero-order valence-corrected chi connectivity index (χ0v) is 22.3. The Bertz CT molecular complexity index is 1330. The van der Waals surface area contributed by atoms with Crippen molar-refractivity contribution in [1.82, 2.24) is 9.62 Å². The molecule has 2 aliphatic rings. The van der Waals surface area contributed by atoms with Crippen molar-refractivity contribution in [3.63, 3.8) is 0 Å². The van der Waals surface area contributed by atoms with Crippen molar-refractivity contribution in [1.29, 1.82) is 0 Å². The van der Waals surface area contributed by atoms with Gasteiger partial charge in [0.05, 0.1) is 16.2 Å². The third-order valence-corrected chi connectivity index (χ3v) is 7.76. The smallest absolute Gasteiger partial charge is 0.321 e. The van der Waals surface area contributed by atoms with Crippen molar-refractivity contribution in [2.75, 3.05) is 55.3 Å². The van der Waals surface area contributed by atoms with E-state index in [1.165, 1.54) is 19.2 Å². The number of nitrogens with one attached hydrogen (secondary N) is 3. The maximum absolute atomic E-state index is 13.1. The highest BCUT2D eigenvalue weighted by Gasteiger charge is 2.30. The molecule has 0 unspecified atom stereocenters. The third kappa shape index (κ3) is 6.12. The van der Waals surface area contributed by atoms with Gasteiger partial charge in [-0.3, -0.25) is 9.59 Å². The van der Waals surface area contributed by atoms with Gasteiger partial charge in [-0.25, -0.2) is 8.42 Å². The van der Waals surface area contributed by atoms with E-state index in [1.54, 1.807) is 39.1 Å². The monoisotopic (exact) mass is 527 g/mol. The Hall–Kier alpha value is -3.41. The number of hydrogen-bond donors (Lipinski definition) is 3. The lowest BCUT2D eigenvalue weighted by atomic mass is 10.0. The molecule has 11 heteroatoms. The fourth-order valence-electron chi connectivity index (χ4n) is 4.26. The van der Waals surface area contributed by atoms with E-state index in [2.05, 4.69) is 20.9 Å². The fraction of sp³-hybridized carbons (Fsp3) is 0.385. The van der Waals surface area contributed by atoms with E-state index in [-0.39, 0.29) is 10.8 Å². The molecule has 2 aromatic rings. The zero-order chi connectivity index (χ0) is 26.8. The van der Waals surface area contributed by atoms with Gasteiger partial charge < -0.3 is 25.6 Å². The quantitative estimate of drug-likeness (QED) is 0.371. The highest BCUT2D eigenvalue weighted by molar-refractivity contribution is 7.89. The van der Waals surface area contributed by atoms with Gasteiger partial charge in [0.2, 0.25) is 10.0 Å². The molecule has 198 valence electrons. The summed E-state index contributed by atoms with van der Waals surface area (Å²) in [6.07, 6.45) is 1.60. The molecule has 0 bridgehead atoms. The lowest BCUT2D eigenvalue weighted by molar-refractivity contribution is -0.154. The first-order valence-electron chi connectivity index (χ1n) is 12.1. The Labute approximate surface area is 217 Å². The molecule has 0 atom stereocenters. The molecule has 0 radical (unpaired) electrons. The van der Waals surface area contributed by atoms with Gasteiger partial charge in [0.15, 0.2) is 0 Å². The number of sulfonamides is 1. The van der Waals surface area contributed by atoms with Crippen LogP contribution in [0.2, 0.25) is 0 Å². The van der Waals surface area contributed by atoms with Crippen LogP contribution in [0.25, 0.3) is 5.57 Å². The zero-order valence-electron chi connectivity index (χ0n) is 21.5. The van der Waals surface area contributed by atoms with Crippen molar-refractivity contribution in [2.45, 2.75) is 31.3 Å². The van der Waals surface area contributed by atoms with Gasteiger partial charge in [0.25, 0.3) is 5.91 Å². The minimum absolute atomic E-state index is 0.0136. The van der Waals surface area contributed by atoms with Crippen LogP contribution in [0.15, 0.2) is 53.6 Å². The molecule has 4 rings (SSSR count). The number of carbonyl (C=O) groups excluding carboxylic acids is 2. The second-order valence-electron chi connectivity index (χ2n) is 9.97. The number of esters is 1. The number of carbonyl (C=O) groups is 2. The number of anilines is 3. The molecule has 0 aromatic heterocycles. The van der Waals surface area contributed by atoms with Crippen LogP contribution in [0.3, 0.4) is 0 Å². The number of likely N-dealkylation sites (N-methyl/N-ethyl adjacent to an activating group) is 1. The summed E-state index contributed by atoms with van der Waals surface area (Å²) in [5.41, 5.74) is 2.79. The van der Waals surface area contributed by atoms with E-state index in [1.807, 2.05) is 18.2 Å². The van der Waals surface area contributed by atoms with Crippen molar-refractivity contribution in [2.24, 2.45) is 0 Å². The van der Waals surface area contributed by atoms with Crippen molar-refractivity contribution >= 4 is 44.5 Å². The lowest BCUT2D eigenvalue weighted by Crippen LogP contribution is -2.43. The SMILES string of the molecule is CN(CC(=O)OC(C)(C)C)S(=O)(=O)c1cccc(N/C=C2\C(=O)Nc3cccc(N4CCNCC4)c32)c1. The summed E-state index contributed by atoms with van der Waals surface area (Å²) in [6.45, 7) is 8.16. The van der Waals surface area contributed by atoms with Crippen LogP contribution < -0.4 is 20.9 Å². The normalized spacial score (nSPS) is 17.1. The molecule has 10 nitrogen and oxygen atoms in total. The predicted molar refractivity (Wildman–Crippen MR) is 144 cm³/mol. The molecule has 37 heavy (non-hydrogen) atoms. The van der Waals surface area contributed by atoms with Crippen LogP contribution in [0.1, 0.15) is 26.3 Å². The number of benzene rings is 2. The van der Waals surface area contributed by atoms with E-state index >= 15 is 0 Å². The minimum Gasteiger partial charge on any atom is -0.459 e. The molecule has 0 spiro atoms. The first-order valence-corrected chi connectivity index (χ1v) is 13.5. The summed E-state index contributed by atoms with van der Waals surface area (Å²) in [7, 11) is -2.62. The first kappa shape index (κ1) is 26.6. The van der Waals surface area contributed by atoms with Crippen molar-refractivity contribution < 1.29 is 22.7 Å². The summed E-state index contributed by atoms with van der Waals surface area (Å²) in [6, 6.07) is 12.0. The number of fused-ring (bicyclic) bond motifs is 1. The van der Waals surface area contributed by atoms with Gasteiger partial charge in [-0.1, -0.05) is 12.1 Å². The van der Waals surface area contributed by atoms with Crippen LogP contribution in [-0.4, -0.2) is 70.0 Å². The van der Waals surface area contributed by atoms with Crippen LogP contribution in [0, 0.1) is 0 Å². The van der Waals surface area contributed by atoms with Crippen LogP contribution in [-0.2, 0) is 24.3 Å². The second kappa shape index (κ2) is 10.5. The predicted octanol–water partition coefficient (Wildman–Crippen LogP) is 2.46. The number of hydrogen-bond acceptors (Lipinski definition) is 8. The molecule has 1 amide bonds. The van der Waals surface area contributed by atoms with Gasteiger partial charge >= 0.3 is 5.97 Å². The largest absolute Gasteiger partial charge is 0.459 e. The molecule has 2 heterocycles. The van der Waals surface area contributed by atoms with Crippen LogP contribution in [0.5, 0.6) is 0 Å². The highest BCUT2D eigenvalue weighted by Crippen LogP contribution is 2.39. The Morgan fingerprint density at radius 3 is 2.57 bits per heavy atom. The Balaban J connectivity index is 1.55. The van der Waals surface area contributed by atoms with Crippen LogP contribution >= 0.6 is 0 Å². The standard InChI is InChI=1S/C26H33N5O5S/c1-26(2,3)36-23(32)17-30(4)37(34,35)19-8-5-7-18(15-19)28-16-20-24-21(29-25(20)33)9-6-10-22(24)31-13-11-27-12-14-31/h5-10,15-16,27-28H,11-14,17H2,1-4H3,(H,29,33)/b20-16-. The maximum atomic E-state index is 13.1. The number of nitrogens with zero attached hydrogens (tertiary/aromatic N) is 2. The molecule has 3 N–H and O–H groups in total. The maximum Gasteiger partial charge on any atom is 0.321 e. The number of amides is 1. The molecular formula is C26H33N5O5S. The van der Waals surface area contributed by atoms with Gasteiger partial charge in [-0.2, -0.15) is 4.31 Å². The summed E-state index contributed by atoms with van der Waals surface area (Å²) in [5, 5.41) is 9.33. The number of piperazine rings is 1.